The van der Waals surface area contributed by atoms with E-state index >= 15 is 0 Å². The van der Waals surface area contributed by atoms with Crippen molar-refractivity contribution in [1.29, 1.82) is 0 Å². The highest BCUT2D eigenvalue weighted by Gasteiger charge is 2.23. The summed E-state index contributed by atoms with van der Waals surface area (Å²) in [5.41, 5.74) is 2.81. The molecule has 7 heteroatoms. The number of hydrogen-bond acceptors (Lipinski definition) is 6. The minimum atomic E-state index is 0.0745. The summed E-state index contributed by atoms with van der Waals surface area (Å²) in [5, 5.41) is 3.29. The van der Waals surface area contributed by atoms with Crippen molar-refractivity contribution in [3.05, 3.63) is 71.9 Å². The number of carbonyl (C=O) groups excluding carboxylic acids is 1. The van der Waals surface area contributed by atoms with Crippen molar-refractivity contribution in [2.24, 2.45) is 0 Å². The molecule has 30 heavy (non-hydrogen) atoms. The number of aromatic nitrogens is 2. The number of nitrogens with one attached hydrogen (secondary N) is 1. The number of ether oxygens (including phenoxy) is 1. The molecule has 1 N–H and O–H groups in total. The van der Waals surface area contributed by atoms with Gasteiger partial charge in [0.1, 0.15) is 11.6 Å². The maximum atomic E-state index is 12.7. The van der Waals surface area contributed by atoms with E-state index in [1.165, 1.54) is 0 Å². The second kappa shape index (κ2) is 8.82. The van der Waals surface area contributed by atoms with E-state index in [4.69, 9.17) is 4.74 Å². The lowest BCUT2D eigenvalue weighted by molar-refractivity contribution is 0.0746. The van der Waals surface area contributed by atoms with Crippen LogP contribution in [-0.2, 0) is 0 Å². The molecule has 0 bridgehead atoms. The van der Waals surface area contributed by atoms with Crippen LogP contribution in [0.1, 0.15) is 15.9 Å². The van der Waals surface area contributed by atoms with Crippen LogP contribution >= 0.6 is 0 Å². The van der Waals surface area contributed by atoms with Crippen LogP contribution in [0.5, 0.6) is 5.75 Å². The van der Waals surface area contributed by atoms with Gasteiger partial charge in [-0.25, -0.2) is 4.98 Å². The third kappa shape index (κ3) is 4.51. The molecule has 4 rings (SSSR count). The number of piperazine rings is 1. The topological polar surface area (TPSA) is 70.6 Å². The number of benzene rings is 2. The standard InChI is InChI=1S/C23H25N5O2/c1-17-3-5-18(6-4-17)22(29)27-13-15-28(16-14-27)23-24-12-11-21(26-23)25-19-7-9-20(30-2)10-8-19/h3-12H,13-16H2,1-2H3,(H,24,25,26). The highest BCUT2D eigenvalue weighted by molar-refractivity contribution is 5.94. The smallest absolute Gasteiger partial charge is 0.253 e. The SMILES string of the molecule is COc1ccc(Nc2ccnc(N3CCN(C(=O)c4ccc(C)cc4)CC3)n2)cc1. The van der Waals surface area contributed by atoms with Crippen LogP contribution in [0.15, 0.2) is 60.8 Å². The number of anilines is 3. The Morgan fingerprint density at radius 3 is 2.33 bits per heavy atom. The Balaban J connectivity index is 1.38. The van der Waals surface area contributed by atoms with Crippen molar-refractivity contribution in [3.63, 3.8) is 0 Å². The van der Waals surface area contributed by atoms with Gasteiger partial charge < -0.3 is 19.9 Å². The zero-order valence-corrected chi connectivity index (χ0v) is 17.2. The Morgan fingerprint density at radius 1 is 0.967 bits per heavy atom. The molecular formula is C23H25N5O2. The van der Waals surface area contributed by atoms with Gasteiger partial charge in [0.25, 0.3) is 5.91 Å². The zero-order valence-electron chi connectivity index (χ0n) is 17.2. The third-order valence-corrected chi connectivity index (χ3v) is 5.15. The second-order valence-electron chi connectivity index (χ2n) is 7.24. The normalized spacial score (nSPS) is 13.8. The average Bonchev–Trinajstić information content (AvgIpc) is 2.80. The lowest BCUT2D eigenvalue weighted by Crippen LogP contribution is -2.49. The summed E-state index contributed by atoms with van der Waals surface area (Å²) in [4.78, 5) is 25.8. The van der Waals surface area contributed by atoms with Crippen LogP contribution < -0.4 is 15.0 Å². The summed E-state index contributed by atoms with van der Waals surface area (Å²) in [6, 6.07) is 17.2. The summed E-state index contributed by atoms with van der Waals surface area (Å²) < 4.78 is 5.19. The summed E-state index contributed by atoms with van der Waals surface area (Å²) in [7, 11) is 1.65. The van der Waals surface area contributed by atoms with Crippen molar-refractivity contribution in [2.45, 2.75) is 6.92 Å². The van der Waals surface area contributed by atoms with E-state index in [0.29, 0.717) is 32.1 Å². The molecule has 2 heterocycles. The molecule has 1 aliphatic rings. The fourth-order valence-corrected chi connectivity index (χ4v) is 3.38. The Bertz CT molecular complexity index is 997. The Kier molecular flexibility index (Phi) is 5.79. The molecular weight excluding hydrogens is 378 g/mol. The van der Waals surface area contributed by atoms with Gasteiger partial charge in [-0.2, -0.15) is 4.98 Å². The van der Waals surface area contributed by atoms with Crippen LogP contribution in [0.2, 0.25) is 0 Å². The van der Waals surface area contributed by atoms with E-state index in [2.05, 4.69) is 20.2 Å². The maximum Gasteiger partial charge on any atom is 0.253 e. The summed E-state index contributed by atoms with van der Waals surface area (Å²) >= 11 is 0. The average molecular weight is 403 g/mol. The van der Waals surface area contributed by atoms with Crippen molar-refractivity contribution >= 4 is 23.4 Å². The van der Waals surface area contributed by atoms with E-state index in [1.54, 1.807) is 13.3 Å². The second-order valence-corrected chi connectivity index (χ2v) is 7.24. The molecule has 1 saturated heterocycles. The van der Waals surface area contributed by atoms with Gasteiger partial charge in [-0.1, -0.05) is 17.7 Å². The molecule has 1 amide bonds. The van der Waals surface area contributed by atoms with Crippen molar-refractivity contribution in [3.8, 4) is 5.75 Å². The largest absolute Gasteiger partial charge is 0.497 e. The number of carbonyl (C=O) groups is 1. The molecule has 2 aromatic carbocycles. The van der Waals surface area contributed by atoms with Gasteiger partial charge in [-0.3, -0.25) is 4.79 Å². The van der Waals surface area contributed by atoms with Crippen molar-refractivity contribution in [1.82, 2.24) is 14.9 Å². The number of aryl methyl sites for hydroxylation is 1. The minimum absolute atomic E-state index is 0.0745. The number of rotatable bonds is 5. The first-order chi connectivity index (χ1) is 14.6. The summed E-state index contributed by atoms with van der Waals surface area (Å²) in [6.07, 6.45) is 1.75. The van der Waals surface area contributed by atoms with E-state index in [1.807, 2.05) is 66.4 Å². The van der Waals surface area contributed by atoms with Crippen LogP contribution in [0.3, 0.4) is 0 Å². The summed E-state index contributed by atoms with van der Waals surface area (Å²) in [5.74, 6) is 2.27. The molecule has 154 valence electrons. The van der Waals surface area contributed by atoms with Crippen LogP contribution in [0.4, 0.5) is 17.5 Å². The lowest BCUT2D eigenvalue weighted by Gasteiger charge is -2.34. The Morgan fingerprint density at radius 2 is 1.67 bits per heavy atom. The first kappa shape index (κ1) is 19.7. The molecule has 0 aliphatic carbocycles. The number of nitrogens with zero attached hydrogens (tertiary/aromatic N) is 4. The monoisotopic (exact) mass is 403 g/mol. The molecule has 3 aromatic rings. The summed E-state index contributed by atoms with van der Waals surface area (Å²) in [6.45, 7) is 4.70. The van der Waals surface area contributed by atoms with Crippen LogP contribution in [0, 0.1) is 6.92 Å². The quantitative estimate of drug-likeness (QED) is 0.703. The molecule has 0 spiro atoms. The van der Waals surface area contributed by atoms with Gasteiger partial charge >= 0.3 is 0 Å². The van der Waals surface area contributed by atoms with Gasteiger partial charge in [-0.05, 0) is 49.4 Å². The fraction of sp³-hybridized carbons (Fsp3) is 0.261. The first-order valence-corrected chi connectivity index (χ1v) is 9.97. The van der Waals surface area contributed by atoms with Gasteiger partial charge in [0.15, 0.2) is 0 Å². The van der Waals surface area contributed by atoms with Gasteiger partial charge in [0, 0.05) is 43.6 Å². The predicted molar refractivity (Wildman–Crippen MR) is 118 cm³/mol. The molecule has 7 nitrogen and oxygen atoms in total. The highest BCUT2D eigenvalue weighted by atomic mass is 16.5. The Hall–Kier alpha value is -3.61. The molecule has 0 unspecified atom stereocenters. The van der Waals surface area contributed by atoms with Crippen molar-refractivity contribution < 1.29 is 9.53 Å². The highest BCUT2D eigenvalue weighted by Crippen LogP contribution is 2.20. The van der Waals surface area contributed by atoms with E-state index in [9.17, 15) is 4.79 Å². The molecule has 1 aromatic heterocycles. The first-order valence-electron chi connectivity index (χ1n) is 9.97. The molecule has 0 radical (unpaired) electrons. The van der Waals surface area contributed by atoms with Gasteiger partial charge in [-0.15, -0.1) is 0 Å². The zero-order chi connectivity index (χ0) is 20.9. The number of amides is 1. The molecule has 1 fully saturated rings. The van der Waals surface area contributed by atoms with Crippen LogP contribution in [-0.4, -0.2) is 54.1 Å². The maximum absolute atomic E-state index is 12.7. The van der Waals surface area contributed by atoms with Crippen LogP contribution in [0.25, 0.3) is 0 Å². The molecule has 0 atom stereocenters. The van der Waals surface area contributed by atoms with E-state index in [0.717, 1.165) is 28.4 Å². The fourth-order valence-electron chi connectivity index (χ4n) is 3.38. The Labute approximate surface area is 176 Å². The lowest BCUT2D eigenvalue weighted by atomic mass is 10.1. The van der Waals surface area contributed by atoms with Gasteiger partial charge in [0.05, 0.1) is 7.11 Å². The predicted octanol–water partition coefficient (Wildman–Crippen LogP) is 3.50. The van der Waals surface area contributed by atoms with E-state index in [-0.39, 0.29) is 5.91 Å². The molecule has 1 aliphatic heterocycles. The number of hydrogen-bond donors (Lipinski definition) is 1. The third-order valence-electron chi connectivity index (χ3n) is 5.15. The van der Waals surface area contributed by atoms with Gasteiger partial charge in [0.2, 0.25) is 5.95 Å². The van der Waals surface area contributed by atoms with E-state index < -0.39 is 0 Å². The molecule has 0 saturated carbocycles. The van der Waals surface area contributed by atoms with Crippen molar-refractivity contribution in [2.75, 3.05) is 43.5 Å². The minimum Gasteiger partial charge on any atom is -0.497 e. The number of methoxy groups -OCH3 is 1.